The molecule has 1 aromatic heterocycles. The molecule has 0 fully saturated rings. The van der Waals surface area contributed by atoms with Crippen LogP contribution in [0.4, 0.5) is 5.95 Å². The lowest BCUT2D eigenvalue weighted by Gasteiger charge is -2.28. The number of allylic oxidation sites excluding steroid dienone is 1. The summed E-state index contributed by atoms with van der Waals surface area (Å²) in [7, 11) is 0. The van der Waals surface area contributed by atoms with Gasteiger partial charge in [-0.2, -0.15) is 10.1 Å². The molecule has 7 nitrogen and oxygen atoms in total. The maximum atomic E-state index is 12.9. The molecular weight excluding hydrogens is 428 g/mol. The molecule has 0 spiro atoms. The molecule has 0 radical (unpaired) electrons. The van der Waals surface area contributed by atoms with Gasteiger partial charge in [0.05, 0.1) is 12.2 Å². The minimum Gasteiger partial charge on any atom is -0.489 e. The maximum Gasteiger partial charge on any atom is 0.338 e. The summed E-state index contributed by atoms with van der Waals surface area (Å²) < 4.78 is 13.2. The van der Waals surface area contributed by atoms with E-state index < -0.39 is 6.04 Å². The van der Waals surface area contributed by atoms with E-state index in [4.69, 9.17) is 9.47 Å². The molecule has 0 saturated carbocycles. The van der Waals surface area contributed by atoms with Gasteiger partial charge in [-0.3, -0.25) is 0 Å². The molecule has 2 heterocycles. The third-order valence-electron chi connectivity index (χ3n) is 5.87. The smallest absolute Gasteiger partial charge is 0.338 e. The summed E-state index contributed by atoms with van der Waals surface area (Å²) >= 11 is 0. The largest absolute Gasteiger partial charge is 0.489 e. The van der Waals surface area contributed by atoms with Crippen molar-refractivity contribution in [1.82, 2.24) is 14.8 Å². The Bertz CT molecular complexity index is 1170. The van der Waals surface area contributed by atoms with Crippen molar-refractivity contribution in [2.45, 2.75) is 59.1 Å². The Morgan fingerprint density at radius 2 is 1.79 bits per heavy atom. The van der Waals surface area contributed by atoms with Crippen LogP contribution >= 0.6 is 0 Å². The highest BCUT2D eigenvalue weighted by Crippen LogP contribution is 2.35. The van der Waals surface area contributed by atoms with Crippen molar-refractivity contribution >= 4 is 11.9 Å². The topological polar surface area (TPSA) is 78.3 Å². The van der Waals surface area contributed by atoms with E-state index in [1.54, 1.807) is 4.68 Å². The lowest BCUT2D eigenvalue weighted by molar-refractivity contribution is -0.139. The van der Waals surface area contributed by atoms with Gasteiger partial charge in [0.25, 0.3) is 0 Å². The molecule has 2 aromatic carbocycles. The number of carbonyl (C=O) groups excluding carboxylic acids is 1. The number of carbonyl (C=O) groups is 1. The number of esters is 1. The molecule has 0 aliphatic carbocycles. The first-order valence-electron chi connectivity index (χ1n) is 11.6. The first-order chi connectivity index (χ1) is 16.3. The van der Waals surface area contributed by atoms with Crippen molar-refractivity contribution in [3.63, 3.8) is 0 Å². The van der Waals surface area contributed by atoms with E-state index >= 15 is 0 Å². The number of benzene rings is 2. The molecule has 1 aliphatic heterocycles. The van der Waals surface area contributed by atoms with E-state index in [1.807, 2.05) is 38.1 Å². The molecule has 7 heteroatoms. The molecule has 3 aromatic rings. The van der Waals surface area contributed by atoms with Gasteiger partial charge < -0.3 is 14.8 Å². The second kappa shape index (κ2) is 9.71. The number of aromatic nitrogens is 3. The van der Waals surface area contributed by atoms with E-state index in [2.05, 4.69) is 60.4 Å². The molecule has 1 atom stereocenters. The summed E-state index contributed by atoms with van der Waals surface area (Å²) in [5, 5.41) is 7.51. The van der Waals surface area contributed by atoms with Crippen LogP contribution < -0.4 is 10.1 Å². The fourth-order valence-corrected chi connectivity index (χ4v) is 3.95. The Balaban J connectivity index is 1.52. The molecule has 0 saturated heterocycles. The Labute approximate surface area is 200 Å². The number of fused-ring (bicyclic) bond motifs is 1. The Hall–Kier alpha value is -3.61. The van der Waals surface area contributed by atoms with Gasteiger partial charge in [0, 0.05) is 5.70 Å². The van der Waals surface area contributed by atoms with Crippen LogP contribution in [0.5, 0.6) is 5.75 Å². The molecule has 0 bridgehead atoms. The van der Waals surface area contributed by atoms with Gasteiger partial charge in [-0.15, -0.1) is 0 Å². The van der Waals surface area contributed by atoms with Gasteiger partial charge in [0.1, 0.15) is 24.7 Å². The van der Waals surface area contributed by atoms with Crippen LogP contribution in [0.15, 0.2) is 66.1 Å². The highest BCUT2D eigenvalue weighted by molar-refractivity contribution is 5.92. The lowest BCUT2D eigenvalue weighted by atomic mass is 9.87. The van der Waals surface area contributed by atoms with Crippen molar-refractivity contribution in [3.05, 3.63) is 82.8 Å². The molecule has 1 unspecified atom stereocenters. The highest BCUT2D eigenvalue weighted by atomic mass is 16.5. The van der Waals surface area contributed by atoms with Crippen LogP contribution in [0.1, 0.15) is 63.8 Å². The predicted molar refractivity (Wildman–Crippen MR) is 132 cm³/mol. The average Bonchev–Trinajstić information content (AvgIpc) is 3.28. The summed E-state index contributed by atoms with van der Waals surface area (Å²) in [6, 6.07) is 15.9. The van der Waals surface area contributed by atoms with Gasteiger partial charge >= 0.3 is 5.97 Å². The Morgan fingerprint density at radius 3 is 2.44 bits per heavy atom. The molecular formula is C27H32N4O3. The summed E-state index contributed by atoms with van der Waals surface area (Å²) in [6.07, 6.45) is 2.24. The highest BCUT2D eigenvalue weighted by Gasteiger charge is 2.34. The predicted octanol–water partition coefficient (Wildman–Crippen LogP) is 5.40. The Morgan fingerprint density at radius 1 is 1.09 bits per heavy atom. The zero-order valence-electron chi connectivity index (χ0n) is 20.5. The molecule has 1 N–H and O–H groups in total. The molecule has 34 heavy (non-hydrogen) atoms. The van der Waals surface area contributed by atoms with E-state index in [1.165, 1.54) is 11.9 Å². The second-order valence-electron chi connectivity index (χ2n) is 9.53. The van der Waals surface area contributed by atoms with Crippen LogP contribution in [-0.2, 0) is 21.6 Å². The summed E-state index contributed by atoms with van der Waals surface area (Å²) in [6.45, 7) is 11.3. The lowest BCUT2D eigenvalue weighted by Crippen LogP contribution is -2.29. The average molecular weight is 461 g/mol. The van der Waals surface area contributed by atoms with Crippen LogP contribution in [0.2, 0.25) is 0 Å². The van der Waals surface area contributed by atoms with Crippen molar-refractivity contribution in [2.24, 2.45) is 0 Å². The number of nitrogens with one attached hydrogen (secondary N) is 1. The molecule has 4 rings (SSSR count). The fraction of sp³-hybridized carbons (Fsp3) is 0.370. The number of hydrogen-bond donors (Lipinski definition) is 1. The van der Waals surface area contributed by atoms with Gasteiger partial charge in [0.15, 0.2) is 0 Å². The van der Waals surface area contributed by atoms with Gasteiger partial charge in [-0.1, -0.05) is 64.1 Å². The van der Waals surface area contributed by atoms with Crippen LogP contribution in [-0.4, -0.2) is 27.3 Å². The van der Waals surface area contributed by atoms with Crippen molar-refractivity contribution in [1.29, 1.82) is 0 Å². The van der Waals surface area contributed by atoms with Crippen molar-refractivity contribution in [3.8, 4) is 5.75 Å². The number of ether oxygens (including phenoxy) is 2. The van der Waals surface area contributed by atoms with Crippen molar-refractivity contribution in [2.75, 3.05) is 11.9 Å². The quantitative estimate of drug-likeness (QED) is 0.476. The summed E-state index contributed by atoms with van der Waals surface area (Å²) in [4.78, 5) is 17.2. The molecule has 1 aliphatic rings. The van der Waals surface area contributed by atoms with E-state index in [0.717, 1.165) is 23.3 Å². The normalized spacial score (nSPS) is 15.5. The number of anilines is 1. The van der Waals surface area contributed by atoms with Gasteiger partial charge in [0.2, 0.25) is 5.95 Å². The maximum absolute atomic E-state index is 12.9. The van der Waals surface area contributed by atoms with Crippen LogP contribution in [0, 0.1) is 0 Å². The number of rotatable bonds is 7. The molecule has 0 amide bonds. The van der Waals surface area contributed by atoms with Gasteiger partial charge in [-0.05, 0) is 47.6 Å². The number of hydrogen-bond acceptors (Lipinski definition) is 6. The minimum absolute atomic E-state index is 0.127. The third kappa shape index (κ3) is 4.98. The van der Waals surface area contributed by atoms with E-state index in [9.17, 15) is 4.79 Å². The van der Waals surface area contributed by atoms with Crippen molar-refractivity contribution < 1.29 is 14.3 Å². The monoisotopic (exact) mass is 460 g/mol. The van der Waals surface area contributed by atoms with E-state index in [0.29, 0.717) is 30.4 Å². The zero-order chi connectivity index (χ0) is 24.3. The standard InChI is InChI=1S/C27H32N4O3/c1-6-15-33-25(32)23-18(2)30-26-28-17-29-31(26)24(23)20-9-13-22(14-10-20)34-16-19-7-11-21(12-8-19)27(3,4)5/h7-14,17,24H,6,15-16H2,1-5H3,(H,28,29,30). The van der Waals surface area contributed by atoms with Crippen LogP contribution in [0.25, 0.3) is 0 Å². The van der Waals surface area contributed by atoms with Crippen LogP contribution in [0.3, 0.4) is 0 Å². The molecule has 178 valence electrons. The SMILES string of the molecule is CCCOC(=O)C1=C(C)Nc2ncnn2C1c1ccc(OCc2ccc(C(C)(C)C)cc2)cc1. The van der Waals surface area contributed by atoms with Gasteiger partial charge in [-0.25, -0.2) is 9.48 Å². The fourth-order valence-electron chi connectivity index (χ4n) is 3.95. The summed E-state index contributed by atoms with van der Waals surface area (Å²) in [5.74, 6) is 0.998. The minimum atomic E-state index is -0.429. The first kappa shape index (κ1) is 23.5. The van der Waals surface area contributed by atoms with E-state index in [-0.39, 0.29) is 11.4 Å². The third-order valence-corrected chi connectivity index (χ3v) is 5.87. The number of nitrogens with zero attached hydrogens (tertiary/aromatic N) is 3. The Kier molecular flexibility index (Phi) is 6.72. The second-order valence-corrected chi connectivity index (χ2v) is 9.53. The first-order valence-corrected chi connectivity index (χ1v) is 11.6. The summed E-state index contributed by atoms with van der Waals surface area (Å²) in [5.41, 5.74) is 4.68. The zero-order valence-corrected chi connectivity index (χ0v) is 20.5.